The van der Waals surface area contributed by atoms with Crippen LogP contribution >= 0.6 is 0 Å². The fourth-order valence-corrected chi connectivity index (χ4v) is 2.83. The molecule has 0 aromatic carbocycles. The molecule has 9 nitrogen and oxygen atoms in total. The van der Waals surface area contributed by atoms with Crippen LogP contribution in [0.25, 0.3) is 0 Å². The highest BCUT2D eigenvalue weighted by molar-refractivity contribution is 5.48. The summed E-state index contributed by atoms with van der Waals surface area (Å²) in [6.45, 7) is 1.96. The summed E-state index contributed by atoms with van der Waals surface area (Å²) in [4.78, 5) is 31.3. The van der Waals surface area contributed by atoms with Gasteiger partial charge in [0.15, 0.2) is 0 Å². The maximum absolute atomic E-state index is 11.2. The van der Waals surface area contributed by atoms with Crippen molar-refractivity contribution >= 4 is 6.29 Å². The molecule has 27 heavy (non-hydrogen) atoms. The van der Waals surface area contributed by atoms with E-state index in [0.29, 0.717) is 19.3 Å². The van der Waals surface area contributed by atoms with Crippen molar-refractivity contribution in [2.24, 2.45) is 0 Å². The van der Waals surface area contributed by atoms with Crippen LogP contribution < -0.4 is 0 Å². The molecule has 0 heterocycles. The molecule has 0 bridgehead atoms. The number of aliphatic hydroxyl groups is 2. The number of carbonyl (C=O) groups is 1. The second-order valence-electron chi connectivity index (χ2n) is 6.73. The highest BCUT2D eigenvalue weighted by Gasteiger charge is 2.36. The molecule has 0 aromatic heterocycles. The smallest absolute Gasteiger partial charge is 0.242 e. The average Bonchev–Trinajstić information content (AvgIpc) is 2.60. The number of hydrogen-bond acceptors (Lipinski definition) is 7. The Hall–Kier alpha value is -1.87. The van der Waals surface area contributed by atoms with Gasteiger partial charge in [-0.15, -0.1) is 0 Å². The van der Waals surface area contributed by atoms with Crippen molar-refractivity contribution in [2.45, 2.75) is 95.4 Å². The second-order valence-corrected chi connectivity index (χ2v) is 6.73. The molecular formula is C18H32N2O7. The minimum atomic E-state index is -1.47. The van der Waals surface area contributed by atoms with Crippen molar-refractivity contribution in [2.75, 3.05) is 0 Å². The van der Waals surface area contributed by atoms with Gasteiger partial charge in [-0.3, -0.25) is 20.2 Å². The van der Waals surface area contributed by atoms with Crippen LogP contribution in [0.3, 0.4) is 0 Å². The predicted molar refractivity (Wildman–Crippen MR) is 101 cm³/mol. The third-order valence-electron chi connectivity index (χ3n) is 4.50. The first-order chi connectivity index (χ1) is 12.8. The first kappa shape index (κ1) is 25.1. The highest BCUT2D eigenvalue weighted by Crippen LogP contribution is 2.17. The van der Waals surface area contributed by atoms with Crippen molar-refractivity contribution in [1.82, 2.24) is 0 Å². The van der Waals surface area contributed by atoms with Gasteiger partial charge in [-0.25, -0.2) is 0 Å². The van der Waals surface area contributed by atoms with Gasteiger partial charge in [0, 0.05) is 35.5 Å². The van der Waals surface area contributed by atoms with Gasteiger partial charge in [0.2, 0.25) is 12.1 Å². The first-order valence-corrected chi connectivity index (χ1v) is 9.56. The van der Waals surface area contributed by atoms with Crippen molar-refractivity contribution in [3.05, 3.63) is 32.4 Å². The summed E-state index contributed by atoms with van der Waals surface area (Å²) in [6.07, 6.45) is 6.02. The van der Waals surface area contributed by atoms with Gasteiger partial charge in [0.25, 0.3) is 0 Å². The van der Waals surface area contributed by atoms with Gasteiger partial charge >= 0.3 is 0 Å². The Kier molecular flexibility index (Phi) is 14.2. The summed E-state index contributed by atoms with van der Waals surface area (Å²) in [6, 6.07) is -2.55. The molecule has 0 aliphatic heterocycles. The number of nitrogens with zero attached hydrogens (tertiary/aromatic N) is 2. The molecule has 2 N–H and O–H groups in total. The number of carbonyl (C=O) groups excluding carboxylic acids is 1. The van der Waals surface area contributed by atoms with Crippen molar-refractivity contribution in [3.8, 4) is 0 Å². The third kappa shape index (κ3) is 11.4. The Bertz CT molecular complexity index is 471. The number of unbranched alkanes of at least 4 members (excludes halogenated alkanes) is 5. The Balaban J connectivity index is 4.59. The molecule has 0 radical (unpaired) electrons. The quantitative estimate of drug-likeness (QED) is 0.128. The van der Waals surface area contributed by atoms with Crippen LogP contribution in [0.2, 0.25) is 0 Å². The molecular weight excluding hydrogens is 356 g/mol. The first-order valence-electron chi connectivity index (χ1n) is 9.56. The van der Waals surface area contributed by atoms with E-state index in [2.05, 4.69) is 0 Å². The van der Waals surface area contributed by atoms with E-state index in [1.54, 1.807) is 12.2 Å². The lowest BCUT2D eigenvalue weighted by Crippen LogP contribution is -2.41. The number of nitro groups is 2. The zero-order valence-electron chi connectivity index (χ0n) is 15.9. The Morgan fingerprint density at radius 3 is 2.04 bits per heavy atom. The van der Waals surface area contributed by atoms with Crippen LogP contribution in [0.5, 0.6) is 0 Å². The molecule has 9 heteroatoms. The van der Waals surface area contributed by atoms with Crippen LogP contribution in [0.1, 0.15) is 71.1 Å². The van der Waals surface area contributed by atoms with Gasteiger partial charge in [-0.1, -0.05) is 31.9 Å². The maximum atomic E-state index is 11.2. The highest BCUT2D eigenvalue weighted by atomic mass is 16.6. The van der Waals surface area contributed by atoms with E-state index in [9.17, 15) is 35.2 Å². The maximum Gasteiger partial charge on any atom is 0.242 e. The lowest BCUT2D eigenvalue weighted by atomic mass is 9.95. The Labute approximate surface area is 159 Å². The molecule has 4 unspecified atom stereocenters. The predicted octanol–water partition coefficient (Wildman–Crippen LogP) is 2.67. The molecule has 4 atom stereocenters. The topological polar surface area (TPSA) is 144 Å². The molecule has 0 saturated heterocycles. The molecule has 0 rings (SSSR count). The van der Waals surface area contributed by atoms with Crippen LogP contribution in [0, 0.1) is 20.2 Å². The van der Waals surface area contributed by atoms with Crippen molar-refractivity contribution < 1.29 is 24.9 Å². The van der Waals surface area contributed by atoms with E-state index < -0.39 is 40.6 Å². The number of aldehydes is 1. The molecule has 0 aliphatic rings. The van der Waals surface area contributed by atoms with Crippen LogP contribution in [-0.2, 0) is 4.79 Å². The molecule has 0 aromatic rings. The van der Waals surface area contributed by atoms with E-state index in [4.69, 9.17) is 0 Å². The molecule has 0 amide bonds. The largest absolute Gasteiger partial charge is 0.386 e. The zero-order valence-corrected chi connectivity index (χ0v) is 15.9. The monoisotopic (exact) mass is 388 g/mol. The Morgan fingerprint density at radius 1 is 0.889 bits per heavy atom. The van der Waals surface area contributed by atoms with Crippen molar-refractivity contribution in [3.63, 3.8) is 0 Å². The molecule has 0 fully saturated rings. The fraction of sp³-hybridized carbons (Fsp3) is 0.833. The fourth-order valence-electron chi connectivity index (χ4n) is 2.83. The van der Waals surface area contributed by atoms with Crippen LogP contribution in [-0.4, -0.2) is 50.6 Å². The molecule has 156 valence electrons. The number of hydrogen-bond donors (Lipinski definition) is 2. The number of rotatable bonds is 17. The average molecular weight is 388 g/mol. The number of aliphatic hydroxyl groups excluding tert-OH is 2. The van der Waals surface area contributed by atoms with E-state index in [1.165, 1.54) is 0 Å². The van der Waals surface area contributed by atoms with Gasteiger partial charge in [0.05, 0.1) is 0 Å². The summed E-state index contributed by atoms with van der Waals surface area (Å²) in [5.41, 5.74) is 0. The van der Waals surface area contributed by atoms with Crippen LogP contribution in [0.4, 0.5) is 0 Å². The normalized spacial score (nSPS) is 16.0. The van der Waals surface area contributed by atoms with E-state index in [1.807, 2.05) is 6.92 Å². The van der Waals surface area contributed by atoms with E-state index in [0.717, 1.165) is 32.0 Å². The Morgan fingerprint density at radius 2 is 1.48 bits per heavy atom. The summed E-state index contributed by atoms with van der Waals surface area (Å²) in [5, 5.41) is 42.6. The van der Waals surface area contributed by atoms with Gasteiger partial charge in [-0.05, 0) is 25.7 Å². The third-order valence-corrected chi connectivity index (χ3v) is 4.50. The molecule has 0 saturated carbocycles. The summed E-state index contributed by atoms with van der Waals surface area (Å²) in [5.74, 6) is 0. The van der Waals surface area contributed by atoms with Crippen molar-refractivity contribution in [1.29, 1.82) is 0 Å². The summed E-state index contributed by atoms with van der Waals surface area (Å²) >= 11 is 0. The van der Waals surface area contributed by atoms with Crippen LogP contribution in [0.15, 0.2) is 12.2 Å². The SMILES string of the molecule is CCCCCC(C(O)CC(O)C(C/C=C\CCCCC=O)[N+](=O)[O-])[N+](=O)[O-]. The molecule has 0 spiro atoms. The minimum absolute atomic E-state index is 0.0203. The van der Waals surface area contributed by atoms with E-state index in [-0.39, 0.29) is 12.8 Å². The standard InChI is InChI=1S/C18H32N2O7/c1-2-3-8-11-15(19(24)25)17(22)14-18(23)16(20(26)27)12-9-6-4-5-7-10-13-21/h6,9,13,15-18,22-23H,2-5,7-8,10-12,14H2,1H3/b9-6-. The zero-order chi connectivity index (χ0) is 20.7. The van der Waals surface area contributed by atoms with Gasteiger partial charge in [-0.2, -0.15) is 0 Å². The number of allylic oxidation sites excluding steroid dienone is 1. The second kappa shape index (κ2) is 15.2. The van der Waals surface area contributed by atoms with E-state index >= 15 is 0 Å². The summed E-state index contributed by atoms with van der Waals surface area (Å²) < 4.78 is 0. The molecule has 0 aliphatic carbocycles. The lowest BCUT2D eigenvalue weighted by Gasteiger charge is -2.20. The summed E-state index contributed by atoms with van der Waals surface area (Å²) in [7, 11) is 0. The van der Waals surface area contributed by atoms with Gasteiger partial charge in [0.1, 0.15) is 18.5 Å². The minimum Gasteiger partial charge on any atom is -0.386 e. The van der Waals surface area contributed by atoms with Gasteiger partial charge < -0.3 is 15.0 Å². The lowest BCUT2D eigenvalue weighted by molar-refractivity contribution is -0.543.